The van der Waals surface area contributed by atoms with E-state index in [4.69, 9.17) is 23.2 Å². The minimum absolute atomic E-state index is 0.604. The van der Waals surface area contributed by atoms with Crippen LogP contribution in [0.15, 0.2) is 70.3 Å². The van der Waals surface area contributed by atoms with Crippen molar-refractivity contribution in [1.82, 2.24) is 9.80 Å². The highest BCUT2D eigenvalue weighted by Crippen LogP contribution is 2.37. The monoisotopic (exact) mass is 544 g/mol. The average molecular weight is 546 g/mol. The lowest BCUT2D eigenvalue weighted by Crippen LogP contribution is -2.38. The van der Waals surface area contributed by atoms with Gasteiger partial charge in [0, 0.05) is 47.0 Å². The molecule has 0 saturated carbocycles. The van der Waals surface area contributed by atoms with Crippen molar-refractivity contribution in [3.63, 3.8) is 0 Å². The fourth-order valence-corrected chi connectivity index (χ4v) is 7.91. The highest BCUT2D eigenvalue weighted by molar-refractivity contribution is 7.99. The van der Waals surface area contributed by atoms with Crippen LogP contribution in [0, 0.1) is 11.8 Å². The first-order chi connectivity index (χ1) is 17.1. The van der Waals surface area contributed by atoms with Gasteiger partial charge in [-0.15, -0.1) is 11.8 Å². The Morgan fingerprint density at radius 1 is 0.943 bits per heavy atom. The number of nitrogens with zero attached hydrogens (tertiary/aromatic N) is 2. The molecule has 0 amide bonds. The maximum absolute atomic E-state index is 6.50. The molecule has 35 heavy (non-hydrogen) atoms. The molecule has 0 bridgehead atoms. The van der Waals surface area contributed by atoms with Crippen LogP contribution in [0.1, 0.15) is 36.3 Å². The van der Waals surface area contributed by atoms with E-state index < -0.39 is 0 Å². The Bertz CT molecular complexity index is 1050. The normalized spacial score (nSPS) is 22.1. The second kappa shape index (κ2) is 12.5. The van der Waals surface area contributed by atoms with Crippen LogP contribution >= 0.6 is 46.3 Å². The molecule has 6 heteroatoms. The van der Waals surface area contributed by atoms with Crippen molar-refractivity contribution >= 4 is 46.3 Å². The van der Waals surface area contributed by atoms with Gasteiger partial charge in [-0.1, -0.05) is 47.5 Å². The average Bonchev–Trinajstić information content (AvgIpc) is 3.53. The molecule has 186 valence electrons. The summed E-state index contributed by atoms with van der Waals surface area (Å²) >= 11 is 16.4. The van der Waals surface area contributed by atoms with Crippen molar-refractivity contribution in [2.75, 3.05) is 38.5 Å². The topological polar surface area (TPSA) is 6.48 Å². The molecule has 2 aliphatic rings. The molecule has 1 aromatic heterocycles. The predicted molar refractivity (Wildman–Crippen MR) is 153 cm³/mol. The molecule has 3 aromatic rings. The molecule has 2 aromatic carbocycles. The number of halogens is 2. The van der Waals surface area contributed by atoms with E-state index >= 15 is 0 Å². The van der Waals surface area contributed by atoms with Gasteiger partial charge in [-0.3, -0.25) is 4.90 Å². The van der Waals surface area contributed by atoms with Crippen molar-refractivity contribution in [3.05, 3.63) is 86.5 Å². The molecule has 2 saturated heterocycles. The summed E-state index contributed by atoms with van der Waals surface area (Å²) < 4.78 is 0. The van der Waals surface area contributed by atoms with Crippen molar-refractivity contribution < 1.29 is 0 Å². The van der Waals surface area contributed by atoms with E-state index in [0.717, 1.165) is 30.6 Å². The van der Waals surface area contributed by atoms with Crippen LogP contribution in [-0.2, 0) is 6.54 Å². The first-order valence-corrected chi connectivity index (χ1v) is 15.4. The molecule has 0 N–H and O–H groups in total. The third-order valence-corrected chi connectivity index (χ3v) is 9.97. The SMILES string of the molecule is Clc1ccc(CN2CC(CN3CCC(CCSc4ccccc4)CC3)C(c3ccsc3)C2)c(Cl)c1. The second-order valence-electron chi connectivity index (χ2n) is 10.0. The summed E-state index contributed by atoms with van der Waals surface area (Å²) in [5.41, 5.74) is 2.69. The lowest BCUT2D eigenvalue weighted by Gasteiger charge is -2.34. The van der Waals surface area contributed by atoms with Crippen LogP contribution in [0.2, 0.25) is 10.0 Å². The van der Waals surface area contributed by atoms with Gasteiger partial charge in [0.05, 0.1) is 0 Å². The molecule has 3 heterocycles. The van der Waals surface area contributed by atoms with Gasteiger partial charge in [-0.2, -0.15) is 11.3 Å². The summed E-state index contributed by atoms with van der Waals surface area (Å²) in [6.45, 7) is 6.83. The smallest absolute Gasteiger partial charge is 0.0465 e. The number of hydrogen-bond acceptors (Lipinski definition) is 4. The fourth-order valence-electron chi connectivity index (χ4n) is 5.68. The van der Waals surface area contributed by atoms with E-state index in [1.807, 2.05) is 35.2 Å². The Labute approximate surface area is 228 Å². The largest absolute Gasteiger partial charge is 0.303 e. The van der Waals surface area contributed by atoms with Gasteiger partial charge in [-0.05, 0) is 102 Å². The van der Waals surface area contributed by atoms with E-state index in [1.165, 1.54) is 60.7 Å². The Balaban J connectivity index is 1.13. The summed E-state index contributed by atoms with van der Waals surface area (Å²) in [4.78, 5) is 6.73. The van der Waals surface area contributed by atoms with Crippen molar-refractivity contribution in [2.45, 2.75) is 36.6 Å². The third-order valence-electron chi connectivity index (χ3n) is 7.63. The van der Waals surface area contributed by atoms with E-state index in [2.05, 4.69) is 63.0 Å². The summed E-state index contributed by atoms with van der Waals surface area (Å²) in [5, 5.41) is 6.06. The molecule has 0 aliphatic carbocycles. The van der Waals surface area contributed by atoms with Crippen molar-refractivity contribution in [3.8, 4) is 0 Å². The Kier molecular flexibility index (Phi) is 9.15. The molecule has 2 atom stereocenters. The van der Waals surface area contributed by atoms with Crippen molar-refractivity contribution in [2.24, 2.45) is 11.8 Å². The Hall–Kier alpha value is -1.01. The summed E-state index contributed by atoms with van der Waals surface area (Å²) in [7, 11) is 0. The predicted octanol–water partition coefficient (Wildman–Crippen LogP) is 8.16. The second-order valence-corrected chi connectivity index (χ2v) is 12.8. The highest BCUT2D eigenvalue weighted by Gasteiger charge is 2.35. The van der Waals surface area contributed by atoms with Gasteiger partial charge in [0.15, 0.2) is 0 Å². The van der Waals surface area contributed by atoms with Gasteiger partial charge >= 0.3 is 0 Å². The van der Waals surface area contributed by atoms with Crippen LogP contribution in [-0.4, -0.2) is 48.3 Å². The van der Waals surface area contributed by atoms with Crippen LogP contribution < -0.4 is 0 Å². The maximum Gasteiger partial charge on any atom is 0.0465 e. The van der Waals surface area contributed by atoms with Gasteiger partial charge in [0.2, 0.25) is 0 Å². The minimum atomic E-state index is 0.604. The Morgan fingerprint density at radius 2 is 1.77 bits per heavy atom. The molecule has 0 spiro atoms. The van der Waals surface area contributed by atoms with Gasteiger partial charge in [-0.25, -0.2) is 0 Å². The number of benzene rings is 2. The van der Waals surface area contributed by atoms with E-state index in [9.17, 15) is 0 Å². The minimum Gasteiger partial charge on any atom is -0.303 e. The van der Waals surface area contributed by atoms with Crippen LogP contribution in [0.5, 0.6) is 0 Å². The number of piperidine rings is 1. The van der Waals surface area contributed by atoms with E-state index in [-0.39, 0.29) is 0 Å². The van der Waals surface area contributed by atoms with Gasteiger partial charge < -0.3 is 4.90 Å². The Morgan fingerprint density at radius 3 is 2.51 bits per heavy atom. The zero-order valence-electron chi connectivity index (χ0n) is 20.1. The van der Waals surface area contributed by atoms with Crippen molar-refractivity contribution in [1.29, 1.82) is 0 Å². The molecular weight excluding hydrogens is 511 g/mol. The zero-order valence-corrected chi connectivity index (χ0v) is 23.3. The number of thiophene rings is 1. The lowest BCUT2D eigenvalue weighted by atomic mass is 9.88. The number of likely N-dealkylation sites (tertiary alicyclic amines) is 2. The zero-order chi connectivity index (χ0) is 24.0. The highest BCUT2D eigenvalue weighted by atomic mass is 35.5. The third kappa shape index (κ3) is 7.06. The first kappa shape index (κ1) is 25.6. The first-order valence-electron chi connectivity index (χ1n) is 12.7. The molecule has 2 aliphatic heterocycles. The van der Waals surface area contributed by atoms with E-state index in [1.54, 1.807) is 0 Å². The standard InChI is InChI=1S/C29H34Cl2N2S2/c30-26-7-6-23(29(31)16-26)17-33-19-25(28(20-33)24-11-14-34-21-24)18-32-12-8-22(9-13-32)10-15-35-27-4-2-1-3-5-27/h1-7,11,14,16,21-22,25,28H,8-10,12-13,15,17-20H2. The molecule has 2 nitrogen and oxygen atoms in total. The number of rotatable bonds is 9. The van der Waals surface area contributed by atoms with Crippen LogP contribution in [0.25, 0.3) is 0 Å². The fraction of sp³-hybridized carbons (Fsp3) is 0.448. The number of thioether (sulfide) groups is 1. The summed E-state index contributed by atoms with van der Waals surface area (Å²) in [5.74, 6) is 3.38. The van der Waals surface area contributed by atoms with Gasteiger partial charge in [0.25, 0.3) is 0 Å². The molecule has 5 rings (SSSR count). The summed E-state index contributed by atoms with van der Waals surface area (Å²) in [6.07, 6.45) is 4.02. The molecule has 2 fully saturated rings. The van der Waals surface area contributed by atoms with Gasteiger partial charge in [0.1, 0.15) is 0 Å². The number of hydrogen-bond donors (Lipinski definition) is 0. The maximum atomic E-state index is 6.50. The summed E-state index contributed by atoms with van der Waals surface area (Å²) in [6, 6.07) is 19.1. The molecule has 2 unspecified atom stereocenters. The molecule has 0 radical (unpaired) electrons. The lowest BCUT2D eigenvalue weighted by molar-refractivity contribution is 0.155. The van der Waals surface area contributed by atoms with Crippen LogP contribution in [0.3, 0.4) is 0 Å². The van der Waals surface area contributed by atoms with Crippen LogP contribution in [0.4, 0.5) is 0 Å². The van der Waals surface area contributed by atoms with E-state index in [0.29, 0.717) is 16.9 Å². The quantitative estimate of drug-likeness (QED) is 0.251. The molecular formula is C29H34Cl2N2S2.